The Bertz CT molecular complexity index is 901. The van der Waals surface area contributed by atoms with Crippen LogP contribution in [0.5, 0.6) is 5.75 Å². The summed E-state index contributed by atoms with van der Waals surface area (Å²) in [6, 6.07) is 11.7. The maximum absolute atomic E-state index is 12.9. The number of halogens is 2. The Balaban J connectivity index is 1.70. The van der Waals surface area contributed by atoms with Crippen molar-refractivity contribution in [2.45, 2.75) is 33.3 Å². The summed E-state index contributed by atoms with van der Waals surface area (Å²) in [6.45, 7) is 1.60. The number of anilines is 1. The molecule has 3 rings (SSSR count). The third-order valence-electron chi connectivity index (χ3n) is 5.05. The number of hydrogen-bond acceptors (Lipinski definition) is 3. The minimum Gasteiger partial charge on any atom is -0.434 e. The molecule has 0 radical (unpaired) electrons. The molecule has 1 unspecified atom stereocenters. The molecule has 0 bridgehead atoms. The van der Waals surface area contributed by atoms with Crippen LogP contribution in [-0.4, -0.2) is 36.4 Å². The molecule has 0 saturated carbocycles. The van der Waals surface area contributed by atoms with Gasteiger partial charge in [0.1, 0.15) is 5.75 Å². The van der Waals surface area contributed by atoms with Crippen molar-refractivity contribution in [1.82, 2.24) is 4.90 Å². The fourth-order valence-electron chi connectivity index (χ4n) is 3.58. The molecular weight excluding hydrogens is 378 g/mol. The smallest absolute Gasteiger partial charge is 0.387 e. The molecule has 1 N–H and O–H groups in total. The third-order valence-corrected chi connectivity index (χ3v) is 5.05. The Labute approximate surface area is 168 Å². The van der Waals surface area contributed by atoms with E-state index in [2.05, 4.69) is 10.1 Å². The van der Waals surface area contributed by atoms with Gasteiger partial charge in [0.25, 0.3) is 5.91 Å². The van der Waals surface area contributed by atoms with Crippen LogP contribution >= 0.6 is 0 Å². The van der Waals surface area contributed by atoms with Crippen LogP contribution in [-0.2, 0) is 4.79 Å². The van der Waals surface area contributed by atoms with Gasteiger partial charge in [-0.2, -0.15) is 8.78 Å². The molecule has 0 aliphatic carbocycles. The van der Waals surface area contributed by atoms with Crippen molar-refractivity contribution in [2.24, 2.45) is 5.92 Å². The van der Waals surface area contributed by atoms with Crippen LogP contribution in [0.4, 0.5) is 14.5 Å². The molecule has 1 aliphatic rings. The van der Waals surface area contributed by atoms with Crippen LogP contribution in [0.15, 0.2) is 42.5 Å². The van der Waals surface area contributed by atoms with Crippen molar-refractivity contribution in [3.05, 3.63) is 59.2 Å². The zero-order valence-electron chi connectivity index (χ0n) is 16.5. The highest BCUT2D eigenvalue weighted by Gasteiger charge is 2.30. The van der Waals surface area contributed by atoms with Gasteiger partial charge in [-0.3, -0.25) is 9.59 Å². The number of ether oxygens (including phenoxy) is 1. The monoisotopic (exact) mass is 402 g/mol. The number of rotatable bonds is 5. The quantitative estimate of drug-likeness (QED) is 0.807. The highest BCUT2D eigenvalue weighted by atomic mass is 19.3. The topological polar surface area (TPSA) is 58.6 Å². The summed E-state index contributed by atoms with van der Waals surface area (Å²) in [5, 5.41) is 2.94. The van der Waals surface area contributed by atoms with Gasteiger partial charge >= 0.3 is 6.61 Å². The molecule has 5 nitrogen and oxygen atoms in total. The predicted molar refractivity (Wildman–Crippen MR) is 106 cm³/mol. The van der Waals surface area contributed by atoms with E-state index in [1.165, 1.54) is 23.1 Å². The number of likely N-dealkylation sites (tertiary alicyclic amines) is 1. The normalized spacial score (nSPS) is 16.6. The Morgan fingerprint density at radius 2 is 1.93 bits per heavy atom. The second-order valence-electron chi connectivity index (χ2n) is 7.27. The number of amides is 2. The average molecular weight is 402 g/mol. The van der Waals surface area contributed by atoms with Gasteiger partial charge < -0.3 is 15.0 Å². The molecule has 2 aromatic rings. The van der Waals surface area contributed by atoms with Gasteiger partial charge in [0.2, 0.25) is 5.91 Å². The van der Waals surface area contributed by atoms with Crippen molar-refractivity contribution in [3.63, 3.8) is 0 Å². The van der Waals surface area contributed by atoms with Crippen LogP contribution < -0.4 is 10.1 Å². The van der Waals surface area contributed by atoms with E-state index < -0.39 is 12.5 Å². The fourth-order valence-corrected chi connectivity index (χ4v) is 3.58. The van der Waals surface area contributed by atoms with Crippen LogP contribution in [0.2, 0.25) is 0 Å². The molecule has 0 aromatic heterocycles. The van der Waals surface area contributed by atoms with Gasteiger partial charge in [0.05, 0.1) is 11.5 Å². The van der Waals surface area contributed by atoms with E-state index in [1.807, 2.05) is 32.0 Å². The zero-order chi connectivity index (χ0) is 21.0. The molecule has 7 heteroatoms. The largest absolute Gasteiger partial charge is 0.434 e. The van der Waals surface area contributed by atoms with Crippen LogP contribution in [0, 0.1) is 19.8 Å². The molecule has 1 heterocycles. The predicted octanol–water partition coefficient (Wildman–Crippen LogP) is 4.40. The number of carbonyl (C=O) groups is 2. The maximum Gasteiger partial charge on any atom is 0.387 e. The summed E-state index contributed by atoms with van der Waals surface area (Å²) < 4.78 is 29.8. The first-order chi connectivity index (χ1) is 13.8. The SMILES string of the molecule is Cc1ccc(NC(=O)C2CCCN(C(=O)c3ccccc3OC(F)F)C2)c(C)c1. The summed E-state index contributed by atoms with van der Waals surface area (Å²) in [4.78, 5) is 27.2. The lowest BCUT2D eigenvalue weighted by atomic mass is 9.96. The van der Waals surface area contributed by atoms with Gasteiger partial charge in [0.15, 0.2) is 0 Å². The maximum atomic E-state index is 12.9. The lowest BCUT2D eigenvalue weighted by molar-refractivity contribution is -0.121. The summed E-state index contributed by atoms with van der Waals surface area (Å²) >= 11 is 0. The first-order valence-electron chi connectivity index (χ1n) is 9.56. The van der Waals surface area contributed by atoms with Gasteiger partial charge in [-0.1, -0.05) is 29.8 Å². The van der Waals surface area contributed by atoms with Crippen molar-refractivity contribution >= 4 is 17.5 Å². The van der Waals surface area contributed by atoms with Crippen LogP contribution in [0.3, 0.4) is 0 Å². The molecule has 1 aliphatic heterocycles. The Morgan fingerprint density at radius 1 is 1.17 bits per heavy atom. The van der Waals surface area contributed by atoms with Crippen molar-refractivity contribution in [1.29, 1.82) is 0 Å². The first-order valence-corrected chi connectivity index (χ1v) is 9.56. The molecule has 29 heavy (non-hydrogen) atoms. The second kappa shape index (κ2) is 9.03. The summed E-state index contributed by atoms with van der Waals surface area (Å²) in [5.41, 5.74) is 2.91. The van der Waals surface area contributed by atoms with Gasteiger partial charge in [-0.15, -0.1) is 0 Å². The Morgan fingerprint density at radius 3 is 2.66 bits per heavy atom. The molecule has 1 saturated heterocycles. The summed E-state index contributed by atoms with van der Waals surface area (Å²) in [5.74, 6) is -1.08. The van der Waals surface area contributed by atoms with E-state index in [0.717, 1.165) is 16.8 Å². The van der Waals surface area contributed by atoms with Crippen molar-refractivity contribution in [2.75, 3.05) is 18.4 Å². The summed E-state index contributed by atoms with van der Waals surface area (Å²) in [6.07, 6.45) is 1.32. The highest BCUT2D eigenvalue weighted by Crippen LogP contribution is 2.26. The molecule has 2 aromatic carbocycles. The van der Waals surface area contributed by atoms with E-state index in [9.17, 15) is 18.4 Å². The van der Waals surface area contributed by atoms with E-state index >= 15 is 0 Å². The lowest BCUT2D eigenvalue weighted by Crippen LogP contribution is -2.44. The Hall–Kier alpha value is -2.96. The molecule has 0 spiro atoms. The number of piperidine rings is 1. The molecule has 1 atom stereocenters. The fraction of sp³-hybridized carbons (Fsp3) is 0.364. The van der Waals surface area contributed by atoms with E-state index in [-0.39, 0.29) is 29.7 Å². The zero-order valence-corrected chi connectivity index (χ0v) is 16.5. The average Bonchev–Trinajstić information content (AvgIpc) is 2.69. The number of benzene rings is 2. The van der Waals surface area contributed by atoms with Gasteiger partial charge in [-0.25, -0.2) is 0 Å². The van der Waals surface area contributed by atoms with Crippen molar-refractivity contribution in [3.8, 4) is 5.75 Å². The number of carbonyl (C=O) groups excluding carboxylic acids is 2. The number of aryl methyl sites for hydroxylation is 2. The number of alkyl halides is 2. The lowest BCUT2D eigenvalue weighted by Gasteiger charge is -2.32. The molecule has 2 amide bonds. The van der Waals surface area contributed by atoms with E-state index in [4.69, 9.17) is 0 Å². The van der Waals surface area contributed by atoms with Crippen molar-refractivity contribution < 1.29 is 23.1 Å². The van der Waals surface area contributed by atoms with Gasteiger partial charge in [0, 0.05) is 18.8 Å². The third kappa shape index (κ3) is 5.10. The summed E-state index contributed by atoms with van der Waals surface area (Å²) in [7, 11) is 0. The second-order valence-corrected chi connectivity index (χ2v) is 7.27. The van der Waals surface area contributed by atoms with E-state index in [0.29, 0.717) is 19.4 Å². The Kier molecular flexibility index (Phi) is 6.46. The minimum absolute atomic E-state index is 0.0724. The number of hydrogen-bond donors (Lipinski definition) is 1. The van der Waals surface area contributed by atoms with Gasteiger partial charge in [-0.05, 0) is 50.5 Å². The van der Waals surface area contributed by atoms with Crippen LogP contribution in [0.1, 0.15) is 34.3 Å². The first kappa shape index (κ1) is 20.8. The number of nitrogens with zero attached hydrogens (tertiary/aromatic N) is 1. The number of nitrogens with one attached hydrogen (secondary N) is 1. The highest BCUT2D eigenvalue weighted by molar-refractivity contribution is 5.98. The van der Waals surface area contributed by atoms with E-state index in [1.54, 1.807) is 6.07 Å². The number of para-hydroxylation sites is 1. The molecular formula is C22H24F2N2O3. The minimum atomic E-state index is -3.01. The van der Waals surface area contributed by atoms with Crippen LogP contribution in [0.25, 0.3) is 0 Å². The molecule has 154 valence electrons. The standard InChI is InChI=1S/C22H24F2N2O3/c1-14-9-10-18(15(2)12-14)25-20(27)16-6-5-11-26(13-16)21(28)17-7-3-4-8-19(17)29-22(23)24/h3-4,7-10,12,16,22H,5-6,11,13H2,1-2H3,(H,25,27). The molecule has 1 fully saturated rings.